The maximum absolute atomic E-state index is 12.9. The van der Waals surface area contributed by atoms with Gasteiger partial charge in [0.25, 0.3) is 0 Å². The average Bonchev–Trinajstić information content (AvgIpc) is 2.01. The van der Waals surface area contributed by atoms with Crippen molar-refractivity contribution < 1.29 is 8.78 Å². The summed E-state index contributed by atoms with van der Waals surface area (Å²) in [5, 5.41) is 0. The Morgan fingerprint density at radius 1 is 1.55 bits per heavy atom. The van der Waals surface area contributed by atoms with Crippen LogP contribution in [-0.4, -0.2) is 11.2 Å². The van der Waals surface area contributed by atoms with E-state index in [4.69, 9.17) is 0 Å². The van der Waals surface area contributed by atoms with Gasteiger partial charge in [0.1, 0.15) is 4.47 Å². The Labute approximate surface area is 75.3 Å². The van der Waals surface area contributed by atoms with Crippen molar-refractivity contribution in [1.29, 1.82) is 0 Å². The minimum atomic E-state index is -0.819. The van der Waals surface area contributed by atoms with Gasteiger partial charge in [0.05, 0.1) is 4.90 Å². The first kappa shape index (κ1) is 8.93. The highest BCUT2D eigenvalue weighted by Gasteiger charge is 2.10. The number of halogens is 3. The van der Waals surface area contributed by atoms with E-state index in [-0.39, 0.29) is 4.47 Å². The van der Waals surface area contributed by atoms with Gasteiger partial charge in [-0.2, -0.15) is 4.39 Å². The maximum atomic E-state index is 12.9. The molecule has 0 bridgehead atoms. The summed E-state index contributed by atoms with van der Waals surface area (Å²) in [5.41, 5.74) is 0. The molecule has 0 fully saturated rings. The first-order chi connectivity index (χ1) is 5.16. The van der Waals surface area contributed by atoms with Crippen molar-refractivity contribution in [3.63, 3.8) is 0 Å². The molecule has 1 nitrogen and oxygen atoms in total. The van der Waals surface area contributed by atoms with Gasteiger partial charge in [-0.05, 0) is 22.2 Å². The van der Waals surface area contributed by atoms with Crippen LogP contribution in [0, 0.1) is 11.8 Å². The summed E-state index contributed by atoms with van der Waals surface area (Å²) in [6.07, 6.45) is 2.87. The van der Waals surface area contributed by atoms with Gasteiger partial charge in [-0.3, -0.25) is 0 Å². The fraction of sp³-hybridized carbons (Fsp3) is 0.167. The minimum Gasteiger partial charge on any atom is -0.226 e. The van der Waals surface area contributed by atoms with Crippen LogP contribution in [-0.2, 0) is 0 Å². The molecule has 1 aromatic heterocycles. The Kier molecular flexibility index (Phi) is 2.84. The first-order valence-electron chi connectivity index (χ1n) is 2.70. The predicted octanol–water partition coefficient (Wildman–Crippen LogP) is 2.84. The summed E-state index contributed by atoms with van der Waals surface area (Å²) in [6, 6.07) is 0. The lowest BCUT2D eigenvalue weighted by atomic mass is 10.5. The van der Waals surface area contributed by atoms with E-state index < -0.39 is 11.8 Å². The summed E-state index contributed by atoms with van der Waals surface area (Å²) in [6.45, 7) is 0. The molecule has 11 heavy (non-hydrogen) atoms. The second-order valence-electron chi connectivity index (χ2n) is 1.75. The smallest absolute Gasteiger partial charge is 0.226 e. The number of rotatable bonds is 1. The van der Waals surface area contributed by atoms with E-state index in [2.05, 4.69) is 20.9 Å². The molecule has 0 amide bonds. The average molecular weight is 240 g/mol. The van der Waals surface area contributed by atoms with E-state index >= 15 is 0 Å². The Hall–Kier alpha value is -0.160. The van der Waals surface area contributed by atoms with Gasteiger partial charge in [-0.1, -0.05) is 0 Å². The van der Waals surface area contributed by atoms with E-state index in [1.54, 1.807) is 6.26 Å². The maximum Gasteiger partial charge on any atom is 0.230 e. The molecule has 60 valence electrons. The van der Waals surface area contributed by atoms with Gasteiger partial charge in [0, 0.05) is 6.20 Å². The molecule has 0 saturated heterocycles. The number of aromatic nitrogens is 1. The fourth-order valence-corrected chi connectivity index (χ4v) is 1.46. The van der Waals surface area contributed by atoms with E-state index in [1.807, 2.05) is 0 Å². The predicted molar refractivity (Wildman–Crippen MR) is 43.6 cm³/mol. The van der Waals surface area contributed by atoms with Crippen LogP contribution >= 0.6 is 27.7 Å². The van der Waals surface area contributed by atoms with E-state index in [1.165, 1.54) is 18.0 Å². The monoisotopic (exact) mass is 239 g/mol. The highest BCUT2D eigenvalue weighted by Crippen LogP contribution is 2.25. The Balaban J connectivity index is 3.25. The summed E-state index contributed by atoms with van der Waals surface area (Å²) in [7, 11) is 0. The molecule has 0 saturated carbocycles. The molecule has 1 heterocycles. The van der Waals surface area contributed by atoms with Crippen LogP contribution in [0.3, 0.4) is 0 Å². The fourth-order valence-electron chi connectivity index (χ4n) is 0.570. The number of nitrogens with zero attached hydrogens (tertiary/aromatic N) is 1. The third-order valence-electron chi connectivity index (χ3n) is 1.11. The molecule has 0 aliphatic carbocycles. The SMILES string of the molecule is CSc1cnc(F)c(Br)c1F. The molecular weight excluding hydrogens is 236 g/mol. The summed E-state index contributed by atoms with van der Waals surface area (Å²) in [4.78, 5) is 3.67. The van der Waals surface area contributed by atoms with Crippen LogP contribution in [0.25, 0.3) is 0 Å². The van der Waals surface area contributed by atoms with Crippen molar-refractivity contribution in [2.24, 2.45) is 0 Å². The zero-order valence-corrected chi connectivity index (χ0v) is 7.97. The van der Waals surface area contributed by atoms with E-state index in [0.29, 0.717) is 4.90 Å². The van der Waals surface area contributed by atoms with Crippen LogP contribution in [0.2, 0.25) is 0 Å². The van der Waals surface area contributed by atoms with Crippen molar-refractivity contribution in [1.82, 2.24) is 4.98 Å². The van der Waals surface area contributed by atoms with Crippen LogP contribution in [0.5, 0.6) is 0 Å². The van der Waals surface area contributed by atoms with Gasteiger partial charge in [0.2, 0.25) is 5.95 Å². The molecule has 0 N–H and O–H groups in total. The van der Waals surface area contributed by atoms with Crippen molar-refractivity contribution in [2.45, 2.75) is 4.90 Å². The van der Waals surface area contributed by atoms with Crippen LogP contribution in [0.4, 0.5) is 8.78 Å². The number of thioether (sulfide) groups is 1. The molecule has 0 atom stereocenters. The molecule has 0 radical (unpaired) electrons. The molecule has 0 unspecified atom stereocenters. The van der Waals surface area contributed by atoms with Gasteiger partial charge in [-0.25, -0.2) is 9.37 Å². The normalized spacial score (nSPS) is 10.2. The van der Waals surface area contributed by atoms with Gasteiger partial charge in [0.15, 0.2) is 5.82 Å². The molecule has 0 aromatic carbocycles. The second kappa shape index (κ2) is 3.49. The second-order valence-corrected chi connectivity index (χ2v) is 3.39. The third kappa shape index (κ3) is 1.70. The number of pyridine rings is 1. The van der Waals surface area contributed by atoms with Crippen molar-refractivity contribution in [2.75, 3.05) is 6.26 Å². The zero-order valence-electron chi connectivity index (χ0n) is 5.57. The molecule has 0 spiro atoms. The standard InChI is InChI=1S/C6H4BrF2NS/c1-11-3-2-10-6(9)4(7)5(3)8/h2H,1H3. The van der Waals surface area contributed by atoms with Crippen molar-refractivity contribution in [3.8, 4) is 0 Å². The lowest BCUT2D eigenvalue weighted by molar-refractivity contribution is 0.525. The topological polar surface area (TPSA) is 12.9 Å². The lowest BCUT2D eigenvalue weighted by Gasteiger charge is -1.99. The van der Waals surface area contributed by atoms with E-state index in [0.717, 1.165) is 0 Å². The minimum absolute atomic E-state index is 0.204. The quantitative estimate of drug-likeness (QED) is 0.553. The van der Waals surface area contributed by atoms with Crippen LogP contribution in [0.1, 0.15) is 0 Å². The highest BCUT2D eigenvalue weighted by molar-refractivity contribution is 9.10. The summed E-state index contributed by atoms with van der Waals surface area (Å²) < 4.78 is 25.2. The molecular formula is C6H4BrF2NS. The zero-order chi connectivity index (χ0) is 8.43. The summed E-state index contributed by atoms with van der Waals surface area (Å²) in [5.74, 6) is -1.41. The Bertz CT molecular complexity index is 280. The lowest BCUT2D eigenvalue weighted by Crippen LogP contribution is -1.90. The largest absolute Gasteiger partial charge is 0.230 e. The molecule has 0 aliphatic rings. The molecule has 1 rings (SSSR count). The molecule has 5 heteroatoms. The Morgan fingerprint density at radius 3 is 2.73 bits per heavy atom. The van der Waals surface area contributed by atoms with Gasteiger partial charge >= 0.3 is 0 Å². The first-order valence-corrected chi connectivity index (χ1v) is 4.72. The van der Waals surface area contributed by atoms with Gasteiger partial charge in [-0.15, -0.1) is 11.8 Å². The van der Waals surface area contributed by atoms with Crippen molar-refractivity contribution in [3.05, 3.63) is 22.4 Å². The molecule has 0 aliphatic heterocycles. The summed E-state index contributed by atoms with van der Waals surface area (Å²) >= 11 is 3.93. The van der Waals surface area contributed by atoms with Crippen molar-refractivity contribution >= 4 is 27.7 Å². The van der Waals surface area contributed by atoms with Crippen LogP contribution < -0.4 is 0 Å². The number of hydrogen-bond donors (Lipinski definition) is 0. The Morgan fingerprint density at radius 2 is 2.18 bits per heavy atom. The third-order valence-corrected chi connectivity index (χ3v) is 2.50. The van der Waals surface area contributed by atoms with E-state index in [9.17, 15) is 8.78 Å². The van der Waals surface area contributed by atoms with Gasteiger partial charge < -0.3 is 0 Å². The van der Waals surface area contributed by atoms with Crippen LogP contribution in [0.15, 0.2) is 15.6 Å². The number of hydrogen-bond acceptors (Lipinski definition) is 2. The highest BCUT2D eigenvalue weighted by atomic mass is 79.9. The molecule has 1 aromatic rings.